The molecule has 0 aliphatic rings. The molecule has 0 aromatic heterocycles. The zero-order valence-corrected chi connectivity index (χ0v) is 13.3. The second-order valence-electron chi connectivity index (χ2n) is 3.74. The maximum atomic E-state index is 4.56. The number of guanidine groups is 1. The summed E-state index contributed by atoms with van der Waals surface area (Å²) >= 11 is 5.26. The van der Waals surface area contributed by atoms with Crippen LogP contribution in [0.15, 0.2) is 33.7 Å². The second kappa shape index (κ2) is 9.28. The van der Waals surface area contributed by atoms with Gasteiger partial charge in [0.1, 0.15) is 0 Å². The molecular formula is C13H20BrN3S. The molecule has 0 bridgehead atoms. The predicted molar refractivity (Wildman–Crippen MR) is 85.3 cm³/mol. The van der Waals surface area contributed by atoms with Crippen LogP contribution >= 0.6 is 27.7 Å². The average Bonchev–Trinajstić information content (AvgIpc) is 2.38. The number of halogens is 1. The van der Waals surface area contributed by atoms with Crippen molar-refractivity contribution in [2.45, 2.75) is 13.5 Å². The van der Waals surface area contributed by atoms with Crippen molar-refractivity contribution in [3.05, 3.63) is 34.3 Å². The first kappa shape index (κ1) is 15.4. The normalized spacial score (nSPS) is 11.4. The molecular weight excluding hydrogens is 310 g/mol. The first-order valence-electron chi connectivity index (χ1n) is 6.01. The highest BCUT2D eigenvalue weighted by molar-refractivity contribution is 9.10. The van der Waals surface area contributed by atoms with Crippen LogP contribution in [-0.4, -0.2) is 31.1 Å². The topological polar surface area (TPSA) is 36.4 Å². The van der Waals surface area contributed by atoms with Gasteiger partial charge in [0.05, 0.1) is 6.54 Å². The van der Waals surface area contributed by atoms with E-state index in [1.807, 2.05) is 23.9 Å². The largest absolute Gasteiger partial charge is 0.357 e. The summed E-state index contributed by atoms with van der Waals surface area (Å²) in [7, 11) is 0. The molecule has 1 aromatic rings. The molecule has 0 saturated heterocycles. The van der Waals surface area contributed by atoms with Crippen LogP contribution in [0.1, 0.15) is 12.5 Å². The lowest BCUT2D eigenvalue weighted by molar-refractivity contribution is 0.843. The van der Waals surface area contributed by atoms with E-state index in [1.165, 1.54) is 5.56 Å². The van der Waals surface area contributed by atoms with Gasteiger partial charge in [0.15, 0.2) is 5.96 Å². The Morgan fingerprint density at radius 3 is 2.61 bits per heavy atom. The summed E-state index contributed by atoms with van der Waals surface area (Å²) in [4.78, 5) is 4.56. The van der Waals surface area contributed by atoms with Crippen LogP contribution in [0.5, 0.6) is 0 Å². The lowest BCUT2D eigenvalue weighted by atomic mass is 10.2. The van der Waals surface area contributed by atoms with Gasteiger partial charge in [-0.15, -0.1) is 0 Å². The predicted octanol–water partition coefficient (Wildman–Crippen LogP) is 2.87. The third-order valence-electron chi connectivity index (χ3n) is 2.28. The van der Waals surface area contributed by atoms with Crippen molar-refractivity contribution in [2.75, 3.05) is 25.1 Å². The molecule has 0 aliphatic heterocycles. The molecule has 5 heteroatoms. The van der Waals surface area contributed by atoms with Crippen LogP contribution < -0.4 is 10.6 Å². The van der Waals surface area contributed by atoms with Gasteiger partial charge in [-0.2, -0.15) is 11.8 Å². The summed E-state index contributed by atoms with van der Waals surface area (Å²) in [5.41, 5.74) is 1.21. The molecule has 18 heavy (non-hydrogen) atoms. The fraction of sp³-hybridized carbons (Fsp3) is 0.462. The van der Waals surface area contributed by atoms with E-state index in [-0.39, 0.29) is 0 Å². The highest BCUT2D eigenvalue weighted by Gasteiger charge is 1.97. The van der Waals surface area contributed by atoms with E-state index in [0.29, 0.717) is 6.54 Å². The molecule has 0 unspecified atom stereocenters. The van der Waals surface area contributed by atoms with Crippen molar-refractivity contribution in [1.29, 1.82) is 0 Å². The molecule has 0 aliphatic carbocycles. The maximum absolute atomic E-state index is 4.56. The average molecular weight is 330 g/mol. The van der Waals surface area contributed by atoms with E-state index in [0.717, 1.165) is 29.3 Å². The molecule has 0 fully saturated rings. The van der Waals surface area contributed by atoms with Gasteiger partial charge >= 0.3 is 0 Å². The number of nitrogens with zero attached hydrogens (tertiary/aromatic N) is 1. The van der Waals surface area contributed by atoms with Crippen molar-refractivity contribution in [1.82, 2.24) is 10.6 Å². The Kier molecular flexibility index (Phi) is 7.93. The van der Waals surface area contributed by atoms with E-state index in [9.17, 15) is 0 Å². The summed E-state index contributed by atoms with van der Waals surface area (Å²) in [5.74, 6) is 1.97. The van der Waals surface area contributed by atoms with Crippen molar-refractivity contribution < 1.29 is 0 Å². The number of thioether (sulfide) groups is 1. The number of hydrogen-bond donors (Lipinski definition) is 2. The van der Waals surface area contributed by atoms with E-state index in [1.54, 1.807) is 0 Å². The number of nitrogens with one attached hydrogen (secondary N) is 2. The SMILES string of the molecule is CCNC(=NCc1ccc(Br)cc1)NCCSC. The Labute approximate surface area is 122 Å². The van der Waals surface area contributed by atoms with Gasteiger partial charge < -0.3 is 10.6 Å². The first-order chi connectivity index (χ1) is 8.76. The Hall–Kier alpha value is -0.680. The molecule has 1 aromatic carbocycles. The highest BCUT2D eigenvalue weighted by Crippen LogP contribution is 2.10. The summed E-state index contributed by atoms with van der Waals surface area (Å²) < 4.78 is 1.10. The molecule has 3 nitrogen and oxygen atoms in total. The smallest absolute Gasteiger partial charge is 0.191 e. The minimum Gasteiger partial charge on any atom is -0.357 e. The summed E-state index contributed by atoms with van der Waals surface area (Å²) in [6.45, 7) is 4.59. The Balaban J connectivity index is 2.50. The van der Waals surface area contributed by atoms with Crippen LogP contribution in [-0.2, 0) is 6.54 Å². The number of benzene rings is 1. The van der Waals surface area contributed by atoms with Crippen LogP contribution in [0, 0.1) is 0 Å². The number of hydrogen-bond acceptors (Lipinski definition) is 2. The summed E-state index contributed by atoms with van der Waals surface area (Å²) in [6.07, 6.45) is 2.10. The molecule has 0 saturated carbocycles. The molecule has 0 spiro atoms. The molecule has 0 radical (unpaired) electrons. The van der Waals surface area contributed by atoms with Crippen LogP contribution in [0.4, 0.5) is 0 Å². The van der Waals surface area contributed by atoms with E-state index in [2.05, 4.69) is 56.9 Å². The number of rotatable bonds is 6. The lowest BCUT2D eigenvalue weighted by Gasteiger charge is -2.10. The van der Waals surface area contributed by atoms with E-state index < -0.39 is 0 Å². The summed E-state index contributed by atoms with van der Waals surface area (Å²) in [6, 6.07) is 8.25. The second-order valence-corrected chi connectivity index (χ2v) is 5.64. The van der Waals surface area contributed by atoms with Crippen molar-refractivity contribution >= 4 is 33.7 Å². The summed E-state index contributed by atoms with van der Waals surface area (Å²) in [5, 5.41) is 6.56. The first-order valence-corrected chi connectivity index (χ1v) is 8.20. The van der Waals surface area contributed by atoms with E-state index >= 15 is 0 Å². The lowest BCUT2D eigenvalue weighted by Crippen LogP contribution is -2.38. The molecule has 0 atom stereocenters. The van der Waals surface area contributed by atoms with E-state index in [4.69, 9.17) is 0 Å². The maximum Gasteiger partial charge on any atom is 0.191 e. The Bertz CT molecular complexity index is 365. The zero-order chi connectivity index (χ0) is 13.2. The standard InChI is InChI=1S/C13H20BrN3S/c1-3-15-13(16-8-9-18-2)17-10-11-4-6-12(14)7-5-11/h4-7H,3,8-10H2,1-2H3,(H2,15,16,17). The zero-order valence-electron chi connectivity index (χ0n) is 10.9. The molecule has 0 amide bonds. The van der Waals surface area contributed by atoms with Gasteiger partial charge in [0, 0.05) is 23.3 Å². The third kappa shape index (κ3) is 6.31. The van der Waals surface area contributed by atoms with Gasteiger partial charge in [-0.3, -0.25) is 0 Å². The number of aliphatic imine (C=N–C) groups is 1. The van der Waals surface area contributed by atoms with Crippen LogP contribution in [0.25, 0.3) is 0 Å². The van der Waals surface area contributed by atoms with Crippen molar-refractivity contribution in [3.8, 4) is 0 Å². The van der Waals surface area contributed by atoms with Gasteiger partial charge in [0.2, 0.25) is 0 Å². The Morgan fingerprint density at radius 1 is 1.28 bits per heavy atom. The minimum absolute atomic E-state index is 0.696. The monoisotopic (exact) mass is 329 g/mol. The third-order valence-corrected chi connectivity index (χ3v) is 3.42. The molecule has 0 heterocycles. The van der Waals surface area contributed by atoms with Crippen LogP contribution in [0.2, 0.25) is 0 Å². The minimum atomic E-state index is 0.696. The quantitative estimate of drug-likeness (QED) is 0.478. The molecule has 1 rings (SSSR count). The van der Waals surface area contributed by atoms with Crippen LogP contribution in [0.3, 0.4) is 0 Å². The fourth-order valence-electron chi connectivity index (χ4n) is 1.37. The fourth-order valence-corrected chi connectivity index (χ4v) is 1.94. The van der Waals surface area contributed by atoms with Crippen molar-refractivity contribution in [2.24, 2.45) is 4.99 Å². The highest BCUT2D eigenvalue weighted by atomic mass is 79.9. The van der Waals surface area contributed by atoms with Crippen molar-refractivity contribution in [3.63, 3.8) is 0 Å². The molecule has 2 N–H and O–H groups in total. The Morgan fingerprint density at radius 2 is 2.00 bits per heavy atom. The van der Waals surface area contributed by atoms with Gasteiger partial charge in [-0.25, -0.2) is 4.99 Å². The van der Waals surface area contributed by atoms with Gasteiger partial charge in [-0.1, -0.05) is 28.1 Å². The molecule has 100 valence electrons. The van der Waals surface area contributed by atoms with Gasteiger partial charge in [-0.05, 0) is 30.9 Å². The van der Waals surface area contributed by atoms with Gasteiger partial charge in [0.25, 0.3) is 0 Å².